The monoisotopic (exact) mass is 415 g/mol. The van der Waals surface area contributed by atoms with Gasteiger partial charge in [-0.1, -0.05) is 24.3 Å². The van der Waals surface area contributed by atoms with Crippen molar-refractivity contribution in [3.05, 3.63) is 72.5 Å². The lowest BCUT2D eigenvalue weighted by molar-refractivity contribution is -0.122. The van der Waals surface area contributed by atoms with Gasteiger partial charge in [-0.05, 0) is 49.4 Å². The Kier molecular flexibility index (Phi) is 4.70. The van der Waals surface area contributed by atoms with E-state index in [0.717, 1.165) is 28.4 Å². The number of nitrogens with one attached hydrogen (secondary N) is 1. The summed E-state index contributed by atoms with van der Waals surface area (Å²) in [4.78, 5) is 26.8. The first-order chi connectivity index (χ1) is 15.0. The van der Waals surface area contributed by atoms with E-state index >= 15 is 0 Å². The molecule has 5 nitrogen and oxygen atoms in total. The minimum atomic E-state index is -0.483. The van der Waals surface area contributed by atoms with Crippen molar-refractivity contribution < 1.29 is 14.0 Å². The van der Waals surface area contributed by atoms with Gasteiger partial charge in [0.15, 0.2) is 0 Å². The minimum absolute atomic E-state index is 0.111. The first-order valence-electron chi connectivity index (χ1n) is 10.4. The fraction of sp³-hybridized carbons (Fsp3) is 0.200. The summed E-state index contributed by atoms with van der Waals surface area (Å²) in [5.41, 5.74) is 3.47. The lowest BCUT2D eigenvalue weighted by Crippen LogP contribution is -2.28. The van der Waals surface area contributed by atoms with Crippen LogP contribution in [0.5, 0.6) is 0 Å². The quantitative estimate of drug-likeness (QED) is 0.513. The Morgan fingerprint density at radius 2 is 1.84 bits per heavy atom. The van der Waals surface area contributed by atoms with Crippen LogP contribution in [-0.4, -0.2) is 22.9 Å². The smallest absolute Gasteiger partial charge is 0.229 e. The fourth-order valence-electron chi connectivity index (χ4n) is 4.49. The van der Waals surface area contributed by atoms with E-state index in [1.807, 2.05) is 30.3 Å². The summed E-state index contributed by atoms with van der Waals surface area (Å²) in [5, 5.41) is 5.20. The van der Waals surface area contributed by atoms with E-state index in [1.54, 1.807) is 12.1 Å². The van der Waals surface area contributed by atoms with Crippen LogP contribution in [0.2, 0.25) is 0 Å². The number of anilines is 2. The first kappa shape index (κ1) is 19.3. The van der Waals surface area contributed by atoms with Crippen LogP contribution in [-0.2, 0) is 16.1 Å². The van der Waals surface area contributed by atoms with Crippen LogP contribution in [0.3, 0.4) is 0 Å². The molecule has 1 N–H and O–H groups in total. The Labute approximate surface area is 179 Å². The molecule has 3 aromatic carbocycles. The van der Waals surface area contributed by atoms with Gasteiger partial charge in [-0.15, -0.1) is 0 Å². The molecule has 156 valence electrons. The molecule has 1 saturated heterocycles. The fourth-order valence-corrected chi connectivity index (χ4v) is 4.49. The van der Waals surface area contributed by atoms with E-state index < -0.39 is 11.7 Å². The molecule has 0 radical (unpaired) electrons. The largest absolute Gasteiger partial charge is 0.341 e. The van der Waals surface area contributed by atoms with E-state index in [-0.39, 0.29) is 24.8 Å². The number of rotatable bonds is 4. The average Bonchev–Trinajstić information content (AvgIpc) is 3.31. The number of fused-ring (bicyclic) bond motifs is 3. The molecule has 6 heteroatoms. The van der Waals surface area contributed by atoms with Crippen LogP contribution in [0.15, 0.2) is 66.7 Å². The van der Waals surface area contributed by atoms with Gasteiger partial charge in [0, 0.05) is 52.7 Å². The van der Waals surface area contributed by atoms with E-state index in [9.17, 15) is 14.0 Å². The summed E-state index contributed by atoms with van der Waals surface area (Å²) in [7, 11) is 0. The number of halogens is 1. The lowest BCUT2D eigenvalue weighted by Gasteiger charge is -2.16. The first-order valence-corrected chi connectivity index (χ1v) is 10.4. The standard InChI is InChI=1S/C25H22FN3O2/c1-2-28-22-9-4-3-8-20(22)21-14-18(10-11-23(21)28)27-25(31)16-12-24(30)29(15-16)19-7-5-6-17(26)13-19/h3-11,13-14,16H,2,12,15H2,1H3,(H,27,31). The lowest BCUT2D eigenvalue weighted by atomic mass is 10.1. The Balaban J connectivity index is 1.39. The second kappa shape index (κ2) is 7.54. The van der Waals surface area contributed by atoms with E-state index in [4.69, 9.17) is 0 Å². The summed E-state index contributed by atoms with van der Waals surface area (Å²) in [6, 6.07) is 20.0. The van der Waals surface area contributed by atoms with Crippen molar-refractivity contribution in [1.29, 1.82) is 0 Å². The van der Waals surface area contributed by atoms with Gasteiger partial charge in [-0.25, -0.2) is 4.39 Å². The summed E-state index contributed by atoms with van der Waals surface area (Å²) in [6.45, 7) is 3.21. The highest BCUT2D eigenvalue weighted by Gasteiger charge is 2.35. The molecule has 1 aliphatic rings. The topological polar surface area (TPSA) is 54.3 Å². The normalized spacial score (nSPS) is 16.4. The van der Waals surface area contributed by atoms with Gasteiger partial charge in [0.1, 0.15) is 5.82 Å². The molecule has 31 heavy (non-hydrogen) atoms. The number of para-hydroxylation sites is 1. The highest BCUT2D eigenvalue weighted by atomic mass is 19.1. The third-order valence-electron chi connectivity index (χ3n) is 5.97. The SMILES string of the molecule is CCn1c2ccccc2c2cc(NC(=O)C3CC(=O)N(c4cccc(F)c4)C3)ccc21. The van der Waals surface area contributed by atoms with Gasteiger partial charge >= 0.3 is 0 Å². The molecule has 2 amide bonds. The van der Waals surface area contributed by atoms with Crippen LogP contribution in [0.1, 0.15) is 13.3 Å². The molecular formula is C25H22FN3O2. The van der Waals surface area contributed by atoms with Gasteiger partial charge in [-0.3, -0.25) is 9.59 Å². The molecular weight excluding hydrogens is 393 g/mol. The van der Waals surface area contributed by atoms with E-state index in [1.165, 1.54) is 17.0 Å². The maximum absolute atomic E-state index is 13.5. The number of hydrogen-bond donors (Lipinski definition) is 1. The molecule has 0 aliphatic carbocycles. The molecule has 4 aromatic rings. The zero-order valence-corrected chi connectivity index (χ0v) is 17.1. The van der Waals surface area contributed by atoms with Crippen LogP contribution < -0.4 is 10.2 Å². The maximum atomic E-state index is 13.5. The molecule has 1 atom stereocenters. The maximum Gasteiger partial charge on any atom is 0.229 e. The van der Waals surface area contributed by atoms with Crippen molar-refractivity contribution in [3.8, 4) is 0 Å². The molecule has 2 heterocycles. The summed E-state index contributed by atoms with van der Waals surface area (Å²) >= 11 is 0. The molecule has 1 fully saturated rings. The Hall–Kier alpha value is -3.67. The van der Waals surface area contributed by atoms with Crippen molar-refractivity contribution in [2.75, 3.05) is 16.8 Å². The third-order valence-corrected chi connectivity index (χ3v) is 5.97. The number of carbonyl (C=O) groups excluding carboxylic acids is 2. The van der Waals surface area contributed by atoms with Crippen LogP contribution in [0, 0.1) is 11.7 Å². The summed E-state index contributed by atoms with van der Waals surface area (Å²) < 4.78 is 15.8. The van der Waals surface area contributed by atoms with Crippen molar-refractivity contribution in [1.82, 2.24) is 4.57 Å². The molecule has 1 aromatic heterocycles. The zero-order valence-electron chi connectivity index (χ0n) is 17.1. The van der Waals surface area contributed by atoms with Crippen molar-refractivity contribution in [2.45, 2.75) is 19.9 Å². The molecule has 5 rings (SSSR count). The molecule has 0 bridgehead atoms. The zero-order chi connectivity index (χ0) is 21.5. The Morgan fingerprint density at radius 1 is 1.03 bits per heavy atom. The highest BCUT2D eigenvalue weighted by molar-refractivity contribution is 6.10. The Bertz CT molecular complexity index is 1330. The number of carbonyl (C=O) groups is 2. The molecule has 1 aliphatic heterocycles. The van der Waals surface area contributed by atoms with Crippen LogP contribution >= 0.6 is 0 Å². The van der Waals surface area contributed by atoms with E-state index in [2.05, 4.69) is 28.9 Å². The number of nitrogens with zero attached hydrogens (tertiary/aromatic N) is 2. The summed E-state index contributed by atoms with van der Waals surface area (Å²) in [6.07, 6.45) is 0.111. The summed E-state index contributed by atoms with van der Waals surface area (Å²) in [5.74, 6) is -1.26. The number of aromatic nitrogens is 1. The molecule has 0 spiro atoms. The van der Waals surface area contributed by atoms with Crippen LogP contribution in [0.4, 0.5) is 15.8 Å². The number of amides is 2. The van der Waals surface area contributed by atoms with Gasteiger partial charge in [0.2, 0.25) is 11.8 Å². The van der Waals surface area contributed by atoms with Gasteiger partial charge in [0.25, 0.3) is 0 Å². The number of hydrogen-bond acceptors (Lipinski definition) is 2. The molecule has 0 saturated carbocycles. The van der Waals surface area contributed by atoms with E-state index in [0.29, 0.717) is 11.4 Å². The second-order valence-electron chi connectivity index (χ2n) is 7.87. The van der Waals surface area contributed by atoms with Crippen molar-refractivity contribution in [3.63, 3.8) is 0 Å². The van der Waals surface area contributed by atoms with Gasteiger partial charge in [-0.2, -0.15) is 0 Å². The highest BCUT2D eigenvalue weighted by Crippen LogP contribution is 2.32. The third kappa shape index (κ3) is 3.34. The second-order valence-corrected chi connectivity index (χ2v) is 7.87. The predicted molar refractivity (Wildman–Crippen MR) is 121 cm³/mol. The van der Waals surface area contributed by atoms with Crippen molar-refractivity contribution >= 4 is 45.0 Å². The van der Waals surface area contributed by atoms with Gasteiger partial charge < -0.3 is 14.8 Å². The number of aryl methyl sites for hydroxylation is 1. The predicted octanol–water partition coefficient (Wildman–Crippen LogP) is 4.95. The van der Waals surface area contributed by atoms with Gasteiger partial charge in [0.05, 0.1) is 5.92 Å². The Morgan fingerprint density at radius 3 is 2.65 bits per heavy atom. The minimum Gasteiger partial charge on any atom is -0.341 e. The number of benzene rings is 3. The average molecular weight is 415 g/mol. The van der Waals surface area contributed by atoms with Crippen molar-refractivity contribution in [2.24, 2.45) is 5.92 Å². The van der Waals surface area contributed by atoms with Crippen LogP contribution in [0.25, 0.3) is 21.8 Å². The molecule has 1 unspecified atom stereocenters.